The molecule has 1 atom stereocenters. The minimum absolute atomic E-state index is 0.311. The van der Waals surface area contributed by atoms with Crippen molar-refractivity contribution in [1.82, 2.24) is 10.5 Å². The Morgan fingerprint density at radius 3 is 2.67 bits per heavy atom. The fourth-order valence-electron chi connectivity index (χ4n) is 1.86. The predicted octanol–water partition coefficient (Wildman–Crippen LogP) is 1.58. The Hall–Kier alpha value is -0.950. The lowest BCUT2D eigenvalue weighted by molar-refractivity contribution is 0.00384. The Kier molecular flexibility index (Phi) is 9.25. The maximum Gasteiger partial charge on any atom is 0.138 e. The fourth-order valence-corrected chi connectivity index (χ4v) is 1.86. The molecule has 0 spiro atoms. The van der Waals surface area contributed by atoms with Crippen LogP contribution in [-0.2, 0) is 16.0 Å². The molecule has 0 aliphatic carbocycles. The summed E-state index contributed by atoms with van der Waals surface area (Å²) >= 11 is 0. The van der Waals surface area contributed by atoms with E-state index in [9.17, 15) is 5.11 Å². The molecule has 1 aromatic heterocycles. The lowest BCUT2D eigenvalue weighted by atomic mass is 10.2. The Morgan fingerprint density at radius 2 is 2.00 bits per heavy atom. The third-order valence-electron chi connectivity index (χ3n) is 3.19. The molecule has 0 aromatic carbocycles. The van der Waals surface area contributed by atoms with Crippen LogP contribution >= 0.6 is 0 Å². The van der Waals surface area contributed by atoms with Gasteiger partial charge in [-0.05, 0) is 20.3 Å². The van der Waals surface area contributed by atoms with Crippen LogP contribution in [0.15, 0.2) is 4.52 Å². The molecule has 1 heterocycles. The Bertz CT molecular complexity index is 362. The molecule has 0 fully saturated rings. The third kappa shape index (κ3) is 7.57. The zero-order valence-electron chi connectivity index (χ0n) is 13.4. The lowest BCUT2D eigenvalue weighted by Crippen LogP contribution is -2.30. The predicted molar refractivity (Wildman–Crippen MR) is 80.2 cm³/mol. The van der Waals surface area contributed by atoms with E-state index in [0.29, 0.717) is 32.9 Å². The summed E-state index contributed by atoms with van der Waals surface area (Å²) in [7, 11) is 0. The van der Waals surface area contributed by atoms with Gasteiger partial charge in [-0.15, -0.1) is 0 Å². The van der Waals surface area contributed by atoms with E-state index in [1.165, 1.54) is 0 Å². The van der Waals surface area contributed by atoms with Crippen molar-refractivity contribution >= 4 is 0 Å². The van der Waals surface area contributed by atoms with E-state index in [1.807, 2.05) is 13.8 Å². The molecule has 0 bridgehead atoms. The zero-order valence-corrected chi connectivity index (χ0v) is 13.4. The van der Waals surface area contributed by atoms with Crippen molar-refractivity contribution in [3.8, 4) is 0 Å². The monoisotopic (exact) mass is 300 g/mol. The second-order valence-electron chi connectivity index (χ2n) is 5.13. The quantitative estimate of drug-likeness (QED) is 0.571. The smallest absolute Gasteiger partial charge is 0.138 e. The summed E-state index contributed by atoms with van der Waals surface area (Å²) in [6, 6.07) is 0. The summed E-state index contributed by atoms with van der Waals surface area (Å²) in [5, 5.41) is 16.9. The van der Waals surface area contributed by atoms with Crippen LogP contribution in [0.1, 0.15) is 36.8 Å². The van der Waals surface area contributed by atoms with Crippen LogP contribution in [0.4, 0.5) is 0 Å². The first-order valence-electron chi connectivity index (χ1n) is 7.61. The van der Waals surface area contributed by atoms with Crippen molar-refractivity contribution in [2.75, 3.05) is 33.0 Å². The highest BCUT2D eigenvalue weighted by Gasteiger charge is 2.09. The molecule has 21 heavy (non-hydrogen) atoms. The van der Waals surface area contributed by atoms with Crippen molar-refractivity contribution in [2.24, 2.45) is 0 Å². The van der Waals surface area contributed by atoms with Crippen molar-refractivity contribution in [1.29, 1.82) is 0 Å². The molecular formula is C15H28N2O4. The minimum Gasteiger partial charge on any atom is -0.389 e. The highest BCUT2D eigenvalue weighted by molar-refractivity contribution is 5.20. The standard InChI is InChI=1S/C15H28N2O4/c1-4-5-6-19-7-8-20-11-14(18)9-16-10-15-12(2)17-21-13(15)3/h14,16,18H,4-11H2,1-3H3. The normalized spacial score (nSPS) is 12.8. The van der Waals surface area contributed by atoms with Gasteiger partial charge < -0.3 is 24.4 Å². The molecule has 6 heteroatoms. The Morgan fingerprint density at radius 1 is 1.24 bits per heavy atom. The van der Waals surface area contributed by atoms with E-state index in [2.05, 4.69) is 17.4 Å². The van der Waals surface area contributed by atoms with Crippen LogP contribution in [0.25, 0.3) is 0 Å². The van der Waals surface area contributed by atoms with E-state index in [4.69, 9.17) is 14.0 Å². The first-order chi connectivity index (χ1) is 10.1. The van der Waals surface area contributed by atoms with Gasteiger partial charge in [0.1, 0.15) is 5.76 Å². The van der Waals surface area contributed by atoms with Gasteiger partial charge >= 0.3 is 0 Å². The SMILES string of the molecule is CCCCOCCOCC(O)CNCc1c(C)noc1C. The van der Waals surface area contributed by atoms with Gasteiger partial charge in [0.2, 0.25) is 0 Å². The van der Waals surface area contributed by atoms with Gasteiger partial charge in [-0.25, -0.2) is 0 Å². The number of aliphatic hydroxyl groups excluding tert-OH is 1. The van der Waals surface area contributed by atoms with Crippen molar-refractivity contribution < 1.29 is 19.1 Å². The lowest BCUT2D eigenvalue weighted by Gasteiger charge is -2.12. The average molecular weight is 300 g/mol. The number of aromatic nitrogens is 1. The van der Waals surface area contributed by atoms with Gasteiger partial charge in [-0.2, -0.15) is 0 Å². The number of unbranched alkanes of at least 4 members (excludes halogenated alkanes) is 1. The van der Waals surface area contributed by atoms with E-state index in [1.54, 1.807) is 0 Å². The van der Waals surface area contributed by atoms with Crippen LogP contribution in [-0.4, -0.2) is 49.3 Å². The van der Waals surface area contributed by atoms with Gasteiger partial charge in [0.05, 0.1) is 31.6 Å². The molecule has 0 aliphatic rings. The number of ether oxygens (including phenoxy) is 2. The number of nitrogens with zero attached hydrogens (tertiary/aromatic N) is 1. The molecule has 1 rings (SSSR count). The molecule has 6 nitrogen and oxygen atoms in total. The highest BCUT2D eigenvalue weighted by Crippen LogP contribution is 2.11. The number of hydrogen-bond donors (Lipinski definition) is 2. The molecular weight excluding hydrogens is 272 g/mol. The van der Waals surface area contributed by atoms with Crippen LogP contribution in [0.3, 0.4) is 0 Å². The fraction of sp³-hybridized carbons (Fsp3) is 0.800. The summed E-state index contributed by atoms with van der Waals surface area (Å²) < 4.78 is 15.8. The topological polar surface area (TPSA) is 76.8 Å². The van der Waals surface area contributed by atoms with Crippen LogP contribution in [0.2, 0.25) is 0 Å². The molecule has 1 unspecified atom stereocenters. The van der Waals surface area contributed by atoms with E-state index < -0.39 is 6.10 Å². The van der Waals surface area contributed by atoms with E-state index >= 15 is 0 Å². The van der Waals surface area contributed by atoms with Gasteiger partial charge in [0.25, 0.3) is 0 Å². The van der Waals surface area contributed by atoms with Gasteiger partial charge in [0, 0.05) is 25.3 Å². The number of hydrogen-bond acceptors (Lipinski definition) is 6. The first-order valence-corrected chi connectivity index (χ1v) is 7.61. The molecule has 0 amide bonds. The summed E-state index contributed by atoms with van der Waals surface area (Å²) in [6.45, 7) is 9.22. The van der Waals surface area contributed by atoms with Gasteiger partial charge in [0.15, 0.2) is 0 Å². The molecule has 0 saturated carbocycles. The van der Waals surface area contributed by atoms with Crippen LogP contribution < -0.4 is 5.32 Å². The molecule has 1 aromatic rings. The zero-order chi connectivity index (χ0) is 15.5. The number of aryl methyl sites for hydroxylation is 2. The highest BCUT2D eigenvalue weighted by atomic mass is 16.5. The largest absolute Gasteiger partial charge is 0.389 e. The molecule has 0 radical (unpaired) electrons. The number of rotatable bonds is 12. The van der Waals surface area contributed by atoms with E-state index in [-0.39, 0.29) is 0 Å². The van der Waals surface area contributed by atoms with Gasteiger partial charge in [-0.1, -0.05) is 18.5 Å². The van der Waals surface area contributed by atoms with Crippen LogP contribution in [0.5, 0.6) is 0 Å². The van der Waals surface area contributed by atoms with E-state index in [0.717, 1.165) is 36.5 Å². The van der Waals surface area contributed by atoms with Crippen molar-refractivity contribution in [2.45, 2.75) is 46.3 Å². The maximum absolute atomic E-state index is 9.79. The summed E-state index contributed by atoms with van der Waals surface area (Å²) in [5.74, 6) is 0.815. The Balaban J connectivity index is 2.00. The third-order valence-corrected chi connectivity index (χ3v) is 3.19. The maximum atomic E-state index is 9.79. The summed E-state index contributed by atoms with van der Waals surface area (Å²) in [6.07, 6.45) is 1.69. The molecule has 0 aliphatic heterocycles. The second kappa shape index (κ2) is 10.7. The average Bonchev–Trinajstić information content (AvgIpc) is 2.78. The number of nitrogens with one attached hydrogen (secondary N) is 1. The van der Waals surface area contributed by atoms with Crippen molar-refractivity contribution in [3.05, 3.63) is 17.0 Å². The Labute approximate surface area is 126 Å². The summed E-state index contributed by atoms with van der Waals surface area (Å²) in [5.41, 5.74) is 1.93. The molecule has 2 N–H and O–H groups in total. The molecule has 122 valence electrons. The second-order valence-corrected chi connectivity index (χ2v) is 5.13. The summed E-state index contributed by atoms with van der Waals surface area (Å²) in [4.78, 5) is 0. The number of aliphatic hydroxyl groups is 1. The van der Waals surface area contributed by atoms with Crippen molar-refractivity contribution in [3.63, 3.8) is 0 Å². The molecule has 0 saturated heterocycles. The van der Waals surface area contributed by atoms with Gasteiger partial charge in [-0.3, -0.25) is 0 Å². The minimum atomic E-state index is -0.527. The van der Waals surface area contributed by atoms with Crippen LogP contribution in [0, 0.1) is 13.8 Å². The first kappa shape index (κ1) is 18.1.